The van der Waals surface area contributed by atoms with Crippen LogP contribution in [-0.2, 0) is 33.2 Å². The summed E-state index contributed by atoms with van der Waals surface area (Å²) < 4.78 is 34.4. The predicted molar refractivity (Wildman–Crippen MR) is 337 cm³/mol. The maximum atomic E-state index is 13.4. The van der Waals surface area contributed by atoms with Gasteiger partial charge in [0.25, 0.3) is 0 Å². The number of carbonyl (C=O) groups is 1. The van der Waals surface area contributed by atoms with Crippen LogP contribution in [0.2, 0.25) is 0 Å². The topological polar surface area (TPSA) is 307 Å². The van der Waals surface area contributed by atoms with E-state index >= 15 is 0 Å². The van der Waals surface area contributed by atoms with Crippen molar-refractivity contribution in [2.45, 2.75) is 401 Å². The molecule has 0 aliphatic carbocycles. The Morgan fingerprint density at radius 3 is 1.00 bits per heavy atom. The molecule has 0 aromatic carbocycles. The molecule has 3 saturated heterocycles. The average molecular weight is 1250 g/mol. The molecule has 516 valence electrons. The van der Waals surface area contributed by atoms with Gasteiger partial charge in [-0.15, -0.1) is 0 Å². The predicted octanol–water partition coefficient (Wildman–Crippen LogP) is 9.50. The van der Waals surface area contributed by atoms with E-state index in [9.17, 15) is 61.0 Å². The van der Waals surface area contributed by atoms with Gasteiger partial charge in [0.05, 0.1) is 38.6 Å². The van der Waals surface area contributed by atoms with Crippen molar-refractivity contribution < 1.29 is 89.4 Å². The number of nitrogens with one attached hydrogen (secondary N) is 1. The van der Waals surface area contributed by atoms with Gasteiger partial charge in [-0.25, -0.2) is 0 Å². The van der Waals surface area contributed by atoms with Crippen molar-refractivity contribution >= 4 is 5.91 Å². The van der Waals surface area contributed by atoms with Crippen molar-refractivity contribution in [3.8, 4) is 0 Å². The van der Waals surface area contributed by atoms with Crippen molar-refractivity contribution in [2.24, 2.45) is 0 Å². The molecule has 19 heteroatoms. The molecule has 0 saturated carbocycles. The van der Waals surface area contributed by atoms with Crippen LogP contribution in [0.3, 0.4) is 0 Å². The molecule has 87 heavy (non-hydrogen) atoms. The maximum absolute atomic E-state index is 13.4. The third-order valence-electron chi connectivity index (χ3n) is 18.4. The van der Waals surface area contributed by atoms with E-state index in [4.69, 9.17) is 28.4 Å². The molecule has 0 bridgehead atoms. The molecule has 0 aromatic rings. The van der Waals surface area contributed by atoms with E-state index in [1.165, 1.54) is 218 Å². The Hall–Kier alpha value is -1.21. The molecule has 3 aliphatic heterocycles. The molecule has 0 radical (unpaired) electrons. The maximum Gasteiger partial charge on any atom is 0.220 e. The number of hydrogen-bond donors (Lipinski definition) is 12. The molecule has 12 N–H and O–H groups in total. The summed E-state index contributed by atoms with van der Waals surface area (Å²) in [6, 6.07) is -0.881. The lowest BCUT2D eigenvalue weighted by Gasteiger charge is -2.48. The average Bonchev–Trinajstić information content (AvgIpc) is 1.15. The molecule has 0 aromatic heterocycles. The first-order valence-electron chi connectivity index (χ1n) is 35.8. The summed E-state index contributed by atoms with van der Waals surface area (Å²) in [5.74, 6) is -0.235. The van der Waals surface area contributed by atoms with Crippen molar-refractivity contribution in [2.75, 3.05) is 26.4 Å². The standard InChI is InChI=1S/C68H131NO18/c1-3-5-7-9-11-13-15-17-19-21-22-23-24-25-26-27-28-30-32-34-36-38-40-42-44-46-56(74)69-51(52(73)45-43-41-39-37-35-33-31-29-20-18-16-14-12-10-8-6-4-2)50-82-66-62(80)59(77)64(54(48-71)84-66)87-68-63(81)60(78)65(55(49-72)85-68)86-67-61(79)58(76)57(75)53(47-70)83-67/h51-55,57-68,70-73,75-81H,3-50H2,1-2H3,(H,69,74). The van der Waals surface area contributed by atoms with Crippen LogP contribution >= 0.6 is 0 Å². The largest absolute Gasteiger partial charge is 0.394 e. The highest BCUT2D eigenvalue weighted by Crippen LogP contribution is 2.33. The van der Waals surface area contributed by atoms with E-state index in [1.54, 1.807) is 0 Å². The fraction of sp³-hybridized carbons (Fsp3) is 0.985. The lowest BCUT2D eigenvalue weighted by atomic mass is 9.96. The number of aliphatic hydroxyl groups is 11. The second kappa shape index (κ2) is 51.2. The van der Waals surface area contributed by atoms with E-state index < -0.39 is 124 Å². The number of aliphatic hydroxyl groups excluding tert-OH is 11. The summed E-state index contributed by atoms with van der Waals surface area (Å²) in [6.45, 7) is 1.85. The third kappa shape index (κ3) is 33.5. The molecule has 3 fully saturated rings. The fourth-order valence-electron chi connectivity index (χ4n) is 12.6. The van der Waals surface area contributed by atoms with Gasteiger partial charge in [0.15, 0.2) is 18.9 Å². The van der Waals surface area contributed by atoms with Crippen molar-refractivity contribution in [1.29, 1.82) is 0 Å². The Morgan fingerprint density at radius 2 is 0.655 bits per heavy atom. The summed E-state index contributed by atoms with van der Waals surface area (Å²) in [5, 5.41) is 121. The van der Waals surface area contributed by atoms with Gasteiger partial charge in [0.2, 0.25) is 5.91 Å². The highest BCUT2D eigenvalue weighted by molar-refractivity contribution is 5.76. The van der Waals surface area contributed by atoms with E-state index in [1.807, 2.05) is 0 Å². The third-order valence-corrected chi connectivity index (χ3v) is 18.4. The first kappa shape index (κ1) is 80.0. The second-order valence-corrected chi connectivity index (χ2v) is 26.1. The van der Waals surface area contributed by atoms with Crippen molar-refractivity contribution in [3.63, 3.8) is 0 Å². The van der Waals surface area contributed by atoms with Crippen LogP contribution in [0.4, 0.5) is 0 Å². The number of rotatable bonds is 56. The molecule has 19 nitrogen and oxygen atoms in total. The van der Waals surface area contributed by atoms with Crippen molar-refractivity contribution in [3.05, 3.63) is 0 Å². The van der Waals surface area contributed by atoms with E-state index in [0.29, 0.717) is 12.8 Å². The Kier molecular flexibility index (Phi) is 47.1. The smallest absolute Gasteiger partial charge is 0.220 e. The van der Waals surface area contributed by atoms with Gasteiger partial charge in [-0.1, -0.05) is 277 Å². The highest BCUT2D eigenvalue weighted by Gasteiger charge is 2.53. The summed E-state index contributed by atoms with van der Waals surface area (Å²) in [6.07, 6.45) is 27.5. The van der Waals surface area contributed by atoms with E-state index in [0.717, 1.165) is 44.9 Å². The van der Waals surface area contributed by atoms with Gasteiger partial charge >= 0.3 is 0 Å². The van der Waals surface area contributed by atoms with E-state index in [-0.39, 0.29) is 18.9 Å². The van der Waals surface area contributed by atoms with Crippen molar-refractivity contribution in [1.82, 2.24) is 5.32 Å². The zero-order valence-corrected chi connectivity index (χ0v) is 54.5. The number of unbranched alkanes of at least 4 members (excludes halogenated alkanes) is 40. The Labute approximate surface area is 525 Å². The van der Waals surface area contributed by atoms with Gasteiger partial charge in [0.1, 0.15) is 73.2 Å². The summed E-state index contributed by atoms with van der Waals surface area (Å²) in [5.41, 5.74) is 0. The van der Waals surface area contributed by atoms with Crippen LogP contribution in [0.15, 0.2) is 0 Å². The SMILES string of the molecule is CCCCCCCCCCCCCCCCCCCCCCCCCCCC(=O)NC(COC1OC(CO)C(OC2OC(CO)C(OC3OC(CO)C(O)C(O)C3O)C(O)C2O)C(O)C1O)C(O)CCCCCCCCCCCCCCCCCCC. The Morgan fingerprint density at radius 1 is 0.368 bits per heavy atom. The van der Waals surface area contributed by atoms with Gasteiger partial charge in [-0.3, -0.25) is 4.79 Å². The highest BCUT2D eigenvalue weighted by atomic mass is 16.8. The Balaban J connectivity index is 1.41. The van der Waals surface area contributed by atoms with Gasteiger partial charge in [0, 0.05) is 6.42 Å². The van der Waals surface area contributed by atoms with E-state index in [2.05, 4.69) is 19.2 Å². The molecule has 3 aliphatic rings. The van der Waals surface area contributed by atoms with Crippen LogP contribution in [0.1, 0.15) is 296 Å². The molecule has 17 unspecified atom stereocenters. The summed E-state index contributed by atoms with van der Waals surface area (Å²) >= 11 is 0. The molecule has 1 amide bonds. The zero-order valence-electron chi connectivity index (χ0n) is 54.5. The molecular weight excluding hydrogens is 1120 g/mol. The Bertz CT molecular complexity index is 1590. The molecule has 3 rings (SSSR count). The zero-order chi connectivity index (χ0) is 63.3. The lowest BCUT2D eigenvalue weighted by molar-refractivity contribution is -0.379. The van der Waals surface area contributed by atoms with Gasteiger partial charge in [-0.05, 0) is 12.8 Å². The van der Waals surface area contributed by atoms with Crippen LogP contribution in [0.25, 0.3) is 0 Å². The monoisotopic (exact) mass is 1250 g/mol. The number of amides is 1. The number of ether oxygens (including phenoxy) is 6. The quantitative estimate of drug-likeness (QED) is 0.0252. The second-order valence-electron chi connectivity index (χ2n) is 26.1. The van der Waals surface area contributed by atoms with Crippen LogP contribution in [-0.4, -0.2) is 193 Å². The molecule has 17 atom stereocenters. The summed E-state index contributed by atoms with van der Waals surface area (Å²) in [7, 11) is 0. The van der Waals surface area contributed by atoms with Crippen LogP contribution in [0, 0.1) is 0 Å². The number of carbonyl (C=O) groups excluding carboxylic acids is 1. The molecule has 0 spiro atoms. The minimum absolute atomic E-state index is 0.235. The van der Waals surface area contributed by atoms with Crippen LogP contribution < -0.4 is 5.32 Å². The fourth-order valence-corrected chi connectivity index (χ4v) is 12.6. The minimum Gasteiger partial charge on any atom is -0.394 e. The number of hydrogen-bond acceptors (Lipinski definition) is 18. The summed E-state index contributed by atoms with van der Waals surface area (Å²) in [4.78, 5) is 13.4. The van der Waals surface area contributed by atoms with Crippen LogP contribution in [0.5, 0.6) is 0 Å². The first-order valence-corrected chi connectivity index (χ1v) is 35.8. The van der Waals surface area contributed by atoms with Gasteiger partial charge in [-0.2, -0.15) is 0 Å². The first-order chi connectivity index (χ1) is 42.3. The van der Waals surface area contributed by atoms with Gasteiger partial charge < -0.3 is 89.9 Å². The molecular formula is C68H131NO18. The minimum atomic E-state index is -1.97. The lowest BCUT2D eigenvalue weighted by Crippen LogP contribution is -2.66. The normalized spacial score (nSPS) is 28.5. The molecule has 3 heterocycles.